The van der Waals surface area contributed by atoms with E-state index in [0.29, 0.717) is 19.6 Å². The number of nitrogens with one attached hydrogen (secondary N) is 3. The van der Waals surface area contributed by atoms with Crippen molar-refractivity contribution in [2.45, 2.75) is 31.8 Å². The number of hydrogen-bond donors (Lipinski definition) is 3. The van der Waals surface area contributed by atoms with Crippen molar-refractivity contribution in [3.8, 4) is 0 Å². The van der Waals surface area contributed by atoms with Gasteiger partial charge >= 0.3 is 6.03 Å². The first-order valence-corrected chi connectivity index (χ1v) is 8.64. The first-order valence-electron chi connectivity index (χ1n) is 8.64. The van der Waals surface area contributed by atoms with E-state index < -0.39 is 11.6 Å². The van der Waals surface area contributed by atoms with Crippen LogP contribution in [0, 0.1) is 5.92 Å². The Balaban J connectivity index is 1.52. The van der Waals surface area contributed by atoms with E-state index in [1.807, 2.05) is 30.3 Å². The average molecular weight is 344 g/mol. The minimum atomic E-state index is -0.893. The van der Waals surface area contributed by atoms with E-state index in [0.717, 1.165) is 24.9 Å². The van der Waals surface area contributed by atoms with Gasteiger partial charge in [0.1, 0.15) is 5.54 Å². The molecule has 2 atom stereocenters. The Morgan fingerprint density at radius 3 is 2.76 bits per heavy atom. The number of carbonyl (C=O) groups is 3. The van der Waals surface area contributed by atoms with Gasteiger partial charge in [-0.1, -0.05) is 30.3 Å². The van der Waals surface area contributed by atoms with E-state index in [1.165, 1.54) is 0 Å². The summed E-state index contributed by atoms with van der Waals surface area (Å²) in [6.45, 7) is 4.00. The topological polar surface area (TPSA) is 90.5 Å². The van der Waals surface area contributed by atoms with Crippen LogP contribution in [0.3, 0.4) is 0 Å². The number of imide groups is 1. The number of carbonyl (C=O) groups excluding carboxylic acids is 3. The Kier molecular flexibility index (Phi) is 5.03. The van der Waals surface area contributed by atoms with Gasteiger partial charge in [-0.2, -0.15) is 0 Å². The van der Waals surface area contributed by atoms with Gasteiger partial charge in [0, 0.05) is 19.0 Å². The molecule has 2 aliphatic heterocycles. The third-order valence-electron chi connectivity index (χ3n) is 5.09. The number of rotatable bonds is 5. The minimum Gasteiger partial charge on any atom is -0.351 e. The molecule has 7 heteroatoms. The zero-order valence-electron chi connectivity index (χ0n) is 14.4. The summed E-state index contributed by atoms with van der Waals surface area (Å²) in [5, 5.41) is 7.98. The summed E-state index contributed by atoms with van der Waals surface area (Å²) in [5.74, 6) is -0.318. The zero-order chi connectivity index (χ0) is 17.9. The predicted octanol–water partition coefficient (Wildman–Crippen LogP) is 0.613. The highest BCUT2D eigenvalue weighted by molar-refractivity contribution is 6.07. The number of benzene rings is 1. The van der Waals surface area contributed by atoms with E-state index in [9.17, 15) is 14.4 Å². The number of likely N-dealkylation sites (tertiary alicyclic amines) is 1. The first-order chi connectivity index (χ1) is 12.0. The Morgan fingerprint density at radius 2 is 2.08 bits per heavy atom. The second-order valence-electron chi connectivity index (χ2n) is 6.95. The lowest BCUT2D eigenvalue weighted by molar-refractivity contribution is -0.126. The van der Waals surface area contributed by atoms with Crippen molar-refractivity contribution in [3.63, 3.8) is 0 Å². The Bertz CT molecular complexity index is 664. The van der Waals surface area contributed by atoms with Crippen LogP contribution in [-0.4, -0.2) is 47.9 Å². The van der Waals surface area contributed by atoms with Gasteiger partial charge in [-0.05, 0) is 31.9 Å². The quantitative estimate of drug-likeness (QED) is 0.683. The maximum Gasteiger partial charge on any atom is 0.322 e. The molecule has 1 aromatic rings. The van der Waals surface area contributed by atoms with Gasteiger partial charge in [0.05, 0.1) is 6.54 Å². The van der Waals surface area contributed by atoms with Gasteiger partial charge in [-0.25, -0.2) is 4.79 Å². The molecule has 1 aromatic carbocycles. The van der Waals surface area contributed by atoms with Crippen molar-refractivity contribution in [1.82, 2.24) is 20.9 Å². The van der Waals surface area contributed by atoms with Gasteiger partial charge in [0.25, 0.3) is 5.91 Å². The van der Waals surface area contributed by atoms with Crippen LogP contribution in [0.2, 0.25) is 0 Å². The largest absolute Gasteiger partial charge is 0.351 e. The predicted molar refractivity (Wildman–Crippen MR) is 92.5 cm³/mol. The van der Waals surface area contributed by atoms with E-state index in [2.05, 4.69) is 20.9 Å². The molecule has 3 N–H and O–H groups in total. The summed E-state index contributed by atoms with van der Waals surface area (Å²) >= 11 is 0. The molecule has 134 valence electrons. The Morgan fingerprint density at radius 1 is 1.32 bits per heavy atom. The molecule has 0 spiro atoms. The molecule has 2 heterocycles. The second kappa shape index (κ2) is 7.23. The molecule has 4 amide bonds. The zero-order valence-corrected chi connectivity index (χ0v) is 14.4. The van der Waals surface area contributed by atoms with Gasteiger partial charge < -0.3 is 10.6 Å². The molecule has 2 fully saturated rings. The monoisotopic (exact) mass is 344 g/mol. The number of hydrogen-bond acceptors (Lipinski definition) is 4. The molecule has 0 aromatic heterocycles. The Hall–Kier alpha value is -2.41. The molecule has 0 aliphatic carbocycles. The summed E-state index contributed by atoms with van der Waals surface area (Å²) < 4.78 is 0. The summed E-state index contributed by atoms with van der Waals surface area (Å²) in [5.41, 5.74) is 0.168. The van der Waals surface area contributed by atoms with E-state index in [4.69, 9.17) is 0 Å². The highest BCUT2D eigenvalue weighted by atomic mass is 16.2. The molecule has 2 saturated heterocycles. The summed E-state index contributed by atoms with van der Waals surface area (Å²) in [7, 11) is 0. The fraction of sp³-hybridized carbons (Fsp3) is 0.500. The number of amides is 4. The second-order valence-corrected chi connectivity index (χ2v) is 6.95. The first kappa shape index (κ1) is 17.4. The van der Waals surface area contributed by atoms with Crippen LogP contribution in [0.15, 0.2) is 30.3 Å². The van der Waals surface area contributed by atoms with Crippen LogP contribution >= 0.6 is 0 Å². The lowest BCUT2D eigenvalue weighted by atomic mass is 9.80. The van der Waals surface area contributed by atoms with Crippen molar-refractivity contribution in [3.05, 3.63) is 35.9 Å². The minimum absolute atomic E-state index is 0.00498. The van der Waals surface area contributed by atoms with E-state index in [-0.39, 0.29) is 17.7 Å². The van der Waals surface area contributed by atoms with Crippen molar-refractivity contribution in [2.75, 3.05) is 19.6 Å². The van der Waals surface area contributed by atoms with Crippen LogP contribution in [0.1, 0.15) is 25.3 Å². The van der Waals surface area contributed by atoms with Crippen molar-refractivity contribution >= 4 is 17.8 Å². The van der Waals surface area contributed by atoms with Gasteiger partial charge in [0.2, 0.25) is 5.91 Å². The fourth-order valence-corrected chi connectivity index (χ4v) is 3.57. The molecule has 0 saturated carbocycles. The van der Waals surface area contributed by atoms with Crippen molar-refractivity contribution in [2.24, 2.45) is 5.92 Å². The summed E-state index contributed by atoms with van der Waals surface area (Å²) in [6, 6.07) is 9.33. The third kappa shape index (κ3) is 3.99. The molecule has 0 unspecified atom stereocenters. The van der Waals surface area contributed by atoms with Gasteiger partial charge in [0.15, 0.2) is 0 Å². The highest BCUT2D eigenvalue weighted by Gasteiger charge is 2.48. The molecule has 2 aliphatic rings. The lowest BCUT2D eigenvalue weighted by Crippen LogP contribution is -2.56. The van der Waals surface area contributed by atoms with E-state index in [1.54, 1.807) is 6.92 Å². The van der Waals surface area contributed by atoms with Crippen molar-refractivity contribution < 1.29 is 14.4 Å². The number of nitrogens with zero attached hydrogens (tertiary/aromatic N) is 1. The lowest BCUT2D eigenvalue weighted by Gasteiger charge is -2.39. The Labute approximate surface area is 147 Å². The van der Waals surface area contributed by atoms with Crippen LogP contribution in [-0.2, 0) is 16.1 Å². The normalized spacial score (nSPS) is 26.8. The van der Waals surface area contributed by atoms with E-state index >= 15 is 0 Å². The SMILES string of the molecule is C[C@]1([C@@H]2CCCN(CC(=O)NCc3ccccc3)C2)NC(=O)NC1=O. The number of piperidine rings is 1. The summed E-state index contributed by atoms with van der Waals surface area (Å²) in [6.07, 6.45) is 1.75. The highest BCUT2D eigenvalue weighted by Crippen LogP contribution is 2.29. The van der Waals surface area contributed by atoms with Crippen LogP contribution in [0.4, 0.5) is 4.79 Å². The molecule has 7 nitrogen and oxygen atoms in total. The van der Waals surface area contributed by atoms with Crippen molar-refractivity contribution in [1.29, 1.82) is 0 Å². The van der Waals surface area contributed by atoms with Gasteiger partial charge in [-0.15, -0.1) is 0 Å². The van der Waals surface area contributed by atoms with Gasteiger partial charge in [-0.3, -0.25) is 19.8 Å². The molecule has 3 rings (SSSR count). The molecule has 0 radical (unpaired) electrons. The maximum atomic E-state index is 12.2. The third-order valence-corrected chi connectivity index (χ3v) is 5.09. The molecule has 0 bridgehead atoms. The van der Waals surface area contributed by atoms with Crippen LogP contribution < -0.4 is 16.0 Å². The maximum absolute atomic E-state index is 12.2. The average Bonchev–Trinajstić information content (AvgIpc) is 2.87. The molecular formula is C18H24N4O3. The summed E-state index contributed by atoms with van der Waals surface area (Å²) in [4.78, 5) is 37.8. The smallest absolute Gasteiger partial charge is 0.322 e. The van der Waals surface area contributed by atoms with Crippen LogP contribution in [0.25, 0.3) is 0 Å². The molecule has 25 heavy (non-hydrogen) atoms. The fourth-order valence-electron chi connectivity index (χ4n) is 3.57. The standard InChI is InChI=1S/C18H24N4O3/c1-18(16(24)20-17(25)21-18)14-8-5-9-22(11-14)12-15(23)19-10-13-6-3-2-4-7-13/h2-4,6-7,14H,5,8-12H2,1H3,(H,19,23)(H2,20,21,24,25)/t14-,18-/m1/s1. The molecular weight excluding hydrogens is 320 g/mol. The number of urea groups is 1. The van der Waals surface area contributed by atoms with Crippen LogP contribution in [0.5, 0.6) is 0 Å².